The lowest BCUT2D eigenvalue weighted by atomic mass is 9.86. The number of hydrogen-bond acceptors (Lipinski definition) is 2. The van der Waals surface area contributed by atoms with Crippen LogP contribution in [0.25, 0.3) is 0 Å². The first-order chi connectivity index (χ1) is 9.61. The number of H-pyrrole nitrogens is 1. The van der Waals surface area contributed by atoms with Gasteiger partial charge in [0.1, 0.15) is 0 Å². The lowest BCUT2D eigenvalue weighted by molar-refractivity contribution is -0.122. The second kappa shape index (κ2) is 8.10. The summed E-state index contributed by atoms with van der Waals surface area (Å²) in [6.07, 6.45) is 5.44. The molecule has 1 heterocycles. The Morgan fingerprint density at radius 2 is 2.20 bits per heavy atom. The van der Waals surface area contributed by atoms with E-state index >= 15 is 0 Å². The van der Waals surface area contributed by atoms with E-state index in [1.165, 1.54) is 23.2 Å². The van der Waals surface area contributed by atoms with E-state index in [1.54, 1.807) is 7.05 Å². The predicted octanol–water partition coefficient (Wildman–Crippen LogP) is 2.18. The number of aromatic amines is 1. The molecule has 3 N–H and O–H groups in total. The average molecular weight is 279 g/mol. The van der Waals surface area contributed by atoms with Crippen molar-refractivity contribution >= 4 is 5.91 Å². The van der Waals surface area contributed by atoms with Crippen LogP contribution in [0.1, 0.15) is 44.0 Å². The molecular weight excluding hydrogens is 250 g/mol. The number of nitrogens with one attached hydrogen (secondary N) is 3. The number of hydrogen-bond donors (Lipinski definition) is 3. The predicted molar refractivity (Wildman–Crippen MR) is 83.9 cm³/mol. The van der Waals surface area contributed by atoms with E-state index in [-0.39, 0.29) is 11.9 Å². The topological polar surface area (TPSA) is 56.9 Å². The third kappa shape index (κ3) is 4.10. The highest BCUT2D eigenvalue weighted by Crippen LogP contribution is 2.26. The first-order valence-electron chi connectivity index (χ1n) is 7.72. The van der Waals surface area contributed by atoms with Crippen molar-refractivity contribution in [2.45, 2.75) is 53.0 Å². The van der Waals surface area contributed by atoms with Gasteiger partial charge in [-0.25, -0.2) is 0 Å². The van der Waals surface area contributed by atoms with Gasteiger partial charge < -0.3 is 15.6 Å². The van der Waals surface area contributed by atoms with E-state index in [1.807, 2.05) is 20.8 Å². The van der Waals surface area contributed by atoms with Crippen LogP contribution in [0.3, 0.4) is 0 Å². The fourth-order valence-corrected chi connectivity index (χ4v) is 2.58. The van der Waals surface area contributed by atoms with Crippen molar-refractivity contribution in [3.8, 4) is 0 Å². The molecule has 0 aliphatic heterocycles. The smallest absolute Gasteiger partial charge is 0.236 e. The third-order valence-electron chi connectivity index (χ3n) is 3.99. The van der Waals surface area contributed by atoms with Crippen LogP contribution in [0.15, 0.2) is 6.20 Å². The Kier molecular flexibility index (Phi) is 6.79. The van der Waals surface area contributed by atoms with Crippen LogP contribution in [0.5, 0.6) is 0 Å². The summed E-state index contributed by atoms with van der Waals surface area (Å²) in [7, 11) is 1.80. The van der Waals surface area contributed by atoms with Gasteiger partial charge in [0.05, 0.1) is 6.04 Å². The molecule has 2 unspecified atom stereocenters. The number of rotatable bonds is 4. The Morgan fingerprint density at radius 1 is 1.50 bits per heavy atom. The van der Waals surface area contributed by atoms with Gasteiger partial charge in [-0.1, -0.05) is 13.8 Å². The van der Waals surface area contributed by atoms with Gasteiger partial charge in [0.25, 0.3) is 0 Å². The Balaban J connectivity index is 0.000000956. The van der Waals surface area contributed by atoms with Gasteiger partial charge in [-0.15, -0.1) is 0 Å². The lowest BCUT2D eigenvalue weighted by Crippen LogP contribution is -2.42. The van der Waals surface area contributed by atoms with Crippen molar-refractivity contribution in [3.05, 3.63) is 23.0 Å². The van der Waals surface area contributed by atoms with Crippen LogP contribution in [-0.2, 0) is 17.6 Å². The third-order valence-corrected chi connectivity index (χ3v) is 3.99. The summed E-state index contributed by atoms with van der Waals surface area (Å²) in [5, 5.41) is 5.98. The number of likely N-dealkylation sites (N-methyl/N-ethyl adjacent to an activating group) is 1. The van der Waals surface area contributed by atoms with E-state index in [0.29, 0.717) is 5.92 Å². The highest BCUT2D eigenvalue weighted by molar-refractivity contribution is 5.81. The molecule has 0 radical (unpaired) electrons. The summed E-state index contributed by atoms with van der Waals surface area (Å²) in [5.74, 6) is 0.648. The first kappa shape index (κ1) is 16.8. The van der Waals surface area contributed by atoms with E-state index in [4.69, 9.17) is 0 Å². The zero-order chi connectivity index (χ0) is 15.1. The van der Waals surface area contributed by atoms with Crippen LogP contribution < -0.4 is 10.6 Å². The van der Waals surface area contributed by atoms with Crippen LogP contribution in [0.2, 0.25) is 0 Å². The summed E-state index contributed by atoms with van der Waals surface area (Å²) in [6, 6.07) is -0.114. The zero-order valence-electron chi connectivity index (χ0n) is 13.5. The van der Waals surface area contributed by atoms with Gasteiger partial charge in [0, 0.05) is 18.4 Å². The molecule has 4 nitrogen and oxygen atoms in total. The standard InChI is InChI=1S/C14H23N3O.C2H6/c1-9-7-16-13-6-11(4-5-12(9)13)8-17-14(18)10(2)15-3;1-2/h7,10-11,15-16H,4-6,8H2,1-3H3,(H,17,18);1-2H3. The molecule has 0 spiro atoms. The summed E-state index contributed by atoms with van der Waals surface area (Å²) in [6.45, 7) is 8.82. The Bertz CT molecular complexity index is 425. The molecule has 1 aromatic rings. The summed E-state index contributed by atoms with van der Waals surface area (Å²) in [4.78, 5) is 15.0. The molecule has 114 valence electrons. The molecule has 2 rings (SSSR count). The van der Waals surface area contributed by atoms with Gasteiger partial charge in [0.2, 0.25) is 5.91 Å². The molecule has 0 saturated carbocycles. The van der Waals surface area contributed by atoms with Gasteiger partial charge in [0.15, 0.2) is 0 Å². The van der Waals surface area contributed by atoms with Crippen molar-refractivity contribution in [3.63, 3.8) is 0 Å². The Morgan fingerprint density at radius 3 is 2.85 bits per heavy atom. The van der Waals surface area contributed by atoms with Gasteiger partial charge in [-0.2, -0.15) is 0 Å². The van der Waals surface area contributed by atoms with E-state index in [2.05, 4.69) is 28.7 Å². The van der Waals surface area contributed by atoms with E-state index in [9.17, 15) is 4.79 Å². The fraction of sp³-hybridized carbons (Fsp3) is 0.688. The highest BCUT2D eigenvalue weighted by atomic mass is 16.2. The lowest BCUT2D eigenvalue weighted by Gasteiger charge is -2.23. The summed E-state index contributed by atoms with van der Waals surface area (Å²) >= 11 is 0. The maximum atomic E-state index is 11.7. The van der Waals surface area contributed by atoms with Crippen molar-refractivity contribution in [2.24, 2.45) is 5.92 Å². The van der Waals surface area contributed by atoms with E-state index < -0.39 is 0 Å². The second-order valence-corrected chi connectivity index (χ2v) is 5.29. The van der Waals surface area contributed by atoms with Gasteiger partial charge >= 0.3 is 0 Å². The van der Waals surface area contributed by atoms with E-state index in [0.717, 1.165) is 19.4 Å². The molecule has 0 aromatic carbocycles. The first-order valence-corrected chi connectivity index (χ1v) is 7.72. The maximum Gasteiger partial charge on any atom is 0.236 e. The van der Waals surface area contributed by atoms with Crippen LogP contribution >= 0.6 is 0 Å². The van der Waals surface area contributed by atoms with Crippen molar-refractivity contribution in [1.82, 2.24) is 15.6 Å². The molecule has 1 aliphatic rings. The number of fused-ring (bicyclic) bond motifs is 1. The molecule has 1 amide bonds. The Hall–Kier alpha value is -1.29. The summed E-state index contributed by atoms with van der Waals surface area (Å²) < 4.78 is 0. The summed E-state index contributed by atoms with van der Waals surface area (Å²) in [5.41, 5.74) is 4.22. The van der Waals surface area contributed by atoms with Gasteiger partial charge in [-0.05, 0) is 57.2 Å². The molecule has 2 atom stereocenters. The molecule has 0 saturated heterocycles. The molecule has 1 aliphatic carbocycles. The number of carbonyl (C=O) groups excluding carboxylic acids is 1. The molecule has 1 aromatic heterocycles. The monoisotopic (exact) mass is 279 g/mol. The Labute approximate surface area is 122 Å². The zero-order valence-corrected chi connectivity index (χ0v) is 13.5. The minimum atomic E-state index is -0.114. The number of aromatic nitrogens is 1. The minimum absolute atomic E-state index is 0.0889. The normalized spacial score (nSPS) is 18.6. The molecule has 20 heavy (non-hydrogen) atoms. The SMILES string of the molecule is CC.CNC(C)C(=O)NCC1CCc2c(C)c[nH]c2C1. The maximum absolute atomic E-state index is 11.7. The number of carbonyl (C=O) groups is 1. The average Bonchev–Trinajstić information content (AvgIpc) is 2.87. The second-order valence-electron chi connectivity index (χ2n) is 5.29. The fourth-order valence-electron chi connectivity index (χ4n) is 2.58. The van der Waals surface area contributed by atoms with Crippen LogP contribution in [0, 0.1) is 12.8 Å². The quantitative estimate of drug-likeness (QED) is 0.791. The molecular formula is C16H29N3O. The number of aryl methyl sites for hydroxylation is 1. The molecule has 4 heteroatoms. The highest BCUT2D eigenvalue weighted by Gasteiger charge is 2.22. The van der Waals surface area contributed by atoms with Crippen LogP contribution in [0.4, 0.5) is 0 Å². The van der Waals surface area contributed by atoms with Gasteiger partial charge in [-0.3, -0.25) is 4.79 Å². The minimum Gasteiger partial charge on any atom is -0.364 e. The van der Waals surface area contributed by atoms with Crippen LogP contribution in [-0.4, -0.2) is 30.5 Å². The largest absolute Gasteiger partial charge is 0.364 e. The number of amides is 1. The molecule has 0 bridgehead atoms. The van der Waals surface area contributed by atoms with Crippen molar-refractivity contribution in [2.75, 3.05) is 13.6 Å². The molecule has 0 fully saturated rings. The van der Waals surface area contributed by atoms with Crippen molar-refractivity contribution < 1.29 is 4.79 Å². The van der Waals surface area contributed by atoms with Crippen molar-refractivity contribution in [1.29, 1.82) is 0 Å².